The Kier molecular flexibility index (Phi) is 4.59. The summed E-state index contributed by atoms with van der Waals surface area (Å²) < 4.78 is 26.3. The van der Waals surface area contributed by atoms with Gasteiger partial charge in [0.1, 0.15) is 0 Å². The second kappa shape index (κ2) is 7.10. The average molecular weight is 408 g/mol. The highest BCUT2D eigenvalue weighted by Crippen LogP contribution is 2.17. The maximum absolute atomic E-state index is 13.3. The zero-order valence-electron chi connectivity index (χ0n) is 15.4. The predicted molar refractivity (Wildman–Crippen MR) is 108 cm³/mol. The minimum absolute atomic E-state index is 0.0299. The molecule has 9 heteroatoms. The number of aromatic nitrogens is 4. The van der Waals surface area contributed by atoms with Crippen LogP contribution in [0.25, 0.3) is 16.7 Å². The molecule has 0 fully saturated rings. The van der Waals surface area contributed by atoms with Gasteiger partial charge in [-0.15, -0.1) is 0 Å². The molecule has 0 radical (unpaired) electrons. The fraction of sp³-hybridized carbons (Fsp3) is 0.100. The third kappa shape index (κ3) is 3.47. The van der Waals surface area contributed by atoms with Crippen LogP contribution in [0.1, 0.15) is 5.56 Å². The van der Waals surface area contributed by atoms with E-state index < -0.39 is 21.1 Å². The van der Waals surface area contributed by atoms with E-state index in [9.17, 15) is 18.0 Å². The van der Waals surface area contributed by atoms with Gasteiger partial charge in [-0.05, 0) is 42.0 Å². The Hall–Kier alpha value is -3.59. The largest absolute Gasteiger partial charge is 0.337 e. The van der Waals surface area contributed by atoms with Gasteiger partial charge >= 0.3 is 5.69 Å². The normalized spacial score (nSPS) is 11.6. The lowest BCUT2D eigenvalue weighted by Crippen LogP contribution is -2.40. The van der Waals surface area contributed by atoms with Gasteiger partial charge in [-0.3, -0.25) is 14.3 Å². The number of fused-ring (bicyclic) bond motifs is 1. The number of hydrogen-bond donors (Lipinski definition) is 0. The summed E-state index contributed by atoms with van der Waals surface area (Å²) in [5.41, 5.74) is 0.0664. The average Bonchev–Trinajstić information content (AvgIpc) is 2.72. The van der Waals surface area contributed by atoms with E-state index in [4.69, 9.17) is 0 Å². The SMILES string of the molecule is CS(=O)(=O)c1cccc(-n2c(=O)n(Cc3cccnc3)c(=O)c3cccnc32)c1. The molecule has 0 spiro atoms. The highest BCUT2D eigenvalue weighted by molar-refractivity contribution is 7.90. The van der Waals surface area contributed by atoms with Gasteiger partial charge in [0.2, 0.25) is 0 Å². The molecule has 146 valence electrons. The van der Waals surface area contributed by atoms with Gasteiger partial charge in [-0.2, -0.15) is 0 Å². The highest BCUT2D eigenvalue weighted by atomic mass is 32.2. The maximum atomic E-state index is 13.3. The molecule has 0 unspecified atom stereocenters. The molecule has 4 aromatic rings. The minimum Gasteiger partial charge on any atom is -0.268 e. The van der Waals surface area contributed by atoms with Crippen LogP contribution in [0.5, 0.6) is 0 Å². The van der Waals surface area contributed by atoms with Crippen LogP contribution in [0.15, 0.2) is 81.6 Å². The van der Waals surface area contributed by atoms with Crippen molar-refractivity contribution in [2.75, 3.05) is 6.26 Å². The van der Waals surface area contributed by atoms with E-state index in [1.807, 2.05) is 0 Å². The fourth-order valence-electron chi connectivity index (χ4n) is 3.09. The molecule has 0 saturated carbocycles. The summed E-state index contributed by atoms with van der Waals surface area (Å²) in [5, 5.41) is 0.251. The maximum Gasteiger partial charge on any atom is 0.337 e. The smallest absolute Gasteiger partial charge is 0.268 e. The summed E-state index contributed by atoms with van der Waals surface area (Å²) in [6, 6.07) is 12.7. The summed E-state index contributed by atoms with van der Waals surface area (Å²) >= 11 is 0. The predicted octanol–water partition coefficient (Wildman–Crippen LogP) is 1.39. The van der Waals surface area contributed by atoms with E-state index in [-0.39, 0.29) is 22.5 Å². The molecule has 0 amide bonds. The zero-order chi connectivity index (χ0) is 20.6. The summed E-state index contributed by atoms with van der Waals surface area (Å²) in [5.74, 6) is 0. The highest BCUT2D eigenvalue weighted by Gasteiger charge is 2.17. The molecule has 0 aliphatic heterocycles. The quantitative estimate of drug-likeness (QED) is 0.506. The van der Waals surface area contributed by atoms with Gasteiger partial charge in [0, 0.05) is 24.8 Å². The summed E-state index contributed by atoms with van der Waals surface area (Å²) in [7, 11) is -3.48. The first-order valence-electron chi connectivity index (χ1n) is 8.66. The Bertz CT molecular complexity index is 1440. The van der Waals surface area contributed by atoms with Crippen LogP contribution >= 0.6 is 0 Å². The van der Waals surface area contributed by atoms with Crippen molar-refractivity contribution < 1.29 is 8.42 Å². The summed E-state index contributed by atoms with van der Waals surface area (Å²) in [4.78, 5) is 34.5. The molecular weight excluding hydrogens is 392 g/mol. The second-order valence-electron chi connectivity index (χ2n) is 6.51. The molecule has 1 aromatic carbocycles. The Morgan fingerprint density at radius 2 is 1.79 bits per heavy atom. The number of hydrogen-bond acceptors (Lipinski definition) is 6. The third-order valence-electron chi connectivity index (χ3n) is 4.46. The van der Waals surface area contributed by atoms with Crippen molar-refractivity contribution in [3.8, 4) is 5.69 Å². The zero-order valence-corrected chi connectivity index (χ0v) is 16.2. The summed E-state index contributed by atoms with van der Waals surface area (Å²) in [6.07, 6.45) is 5.75. The Morgan fingerprint density at radius 1 is 1.00 bits per heavy atom. The topological polar surface area (TPSA) is 104 Å². The molecule has 3 aromatic heterocycles. The van der Waals surface area contributed by atoms with Gasteiger partial charge < -0.3 is 0 Å². The van der Waals surface area contributed by atoms with Gasteiger partial charge in [-0.1, -0.05) is 12.1 Å². The van der Waals surface area contributed by atoms with Crippen LogP contribution in [-0.4, -0.2) is 33.8 Å². The molecule has 0 atom stereocenters. The molecule has 8 nitrogen and oxygen atoms in total. The number of nitrogens with zero attached hydrogens (tertiary/aromatic N) is 4. The van der Waals surface area contributed by atoms with Crippen molar-refractivity contribution in [3.05, 3.63) is 93.5 Å². The van der Waals surface area contributed by atoms with Crippen LogP contribution in [0.4, 0.5) is 0 Å². The molecule has 0 bridgehead atoms. The molecule has 0 N–H and O–H groups in total. The Labute approximate surface area is 165 Å². The Balaban J connectivity index is 2.04. The first-order valence-corrected chi connectivity index (χ1v) is 10.6. The van der Waals surface area contributed by atoms with Crippen molar-refractivity contribution in [2.45, 2.75) is 11.4 Å². The van der Waals surface area contributed by atoms with E-state index in [0.29, 0.717) is 11.3 Å². The van der Waals surface area contributed by atoms with Gasteiger partial charge in [0.25, 0.3) is 5.56 Å². The molecule has 0 aliphatic rings. The van der Waals surface area contributed by atoms with E-state index in [1.165, 1.54) is 22.9 Å². The van der Waals surface area contributed by atoms with Gasteiger partial charge in [-0.25, -0.2) is 22.8 Å². The standard InChI is InChI=1S/C20H16N4O4S/c1-29(27,28)16-7-2-6-15(11-16)24-18-17(8-4-10-22-18)19(25)23(20(24)26)13-14-5-3-9-21-12-14/h2-12H,13H2,1H3. The van der Waals surface area contributed by atoms with Gasteiger partial charge in [0.15, 0.2) is 15.5 Å². The number of rotatable bonds is 4. The lowest BCUT2D eigenvalue weighted by molar-refractivity contribution is 0.601. The number of pyridine rings is 2. The molecule has 29 heavy (non-hydrogen) atoms. The van der Waals surface area contributed by atoms with Crippen molar-refractivity contribution in [1.29, 1.82) is 0 Å². The van der Waals surface area contributed by atoms with Crippen molar-refractivity contribution in [3.63, 3.8) is 0 Å². The molecule has 0 saturated heterocycles. The van der Waals surface area contributed by atoms with Crippen molar-refractivity contribution >= 4 is 20.9 Å². The number of sulfone groups is 1. The molecule has 0 aliphatic carbocycles. The number of benzene rings is 1. The van der Waals surface area contributed by atoms with Crippen molar-refractivity contribution in [2.24, 2.45) is 0 Å². The monoisotopic (exact) mass is 408 g/mol. The van der Waals surface area contributed by atoms with E-state index in [2.05, 4.69) is 9.97 Å². The first-order chi connectivity index (χ1) is 13.9. The lowest BCUT2D eigenvalue weighted by Gasteiger charge is -2.14. The fourth-order valence-corrected chi connectivity index (χ4v) is 3.75. The van der Waals surface area contributed by atoms with E-state index >= 15 is 0 Å². The Morgan fingerprint density at radius 3 is 2.52 bits per heavy atom. The van der Waals surface area contributed by atoms with E-state index in [1.54, 1.807) is 48.8 Å². The van der Waals surface area contributed by atoms with Crippen LogP contribution in [0.2, 0.25) is 0 Å². The third-order valence-corrected chi connectivity index (χ3v) is 5.57. The van der Waals surface area contributed by atoms with Crippen LogP contribution in [0.3, 0.4) is 0 Å². The van der Waals surface area contributed by atoms with Gasteiger partial charge in [0.05, 0.1) is 22.5 Å². The minimum atomic E-state index is -3.48. The van der Waals surface area contributed by atoms with E-state index in [0.717, 1.165) is 10.8 Å². The molecule has 4 rings (SSSR count). The molecule has 3 heterocycles. The molecular formula is C20H16N4O4S. The summed E-state index contributed by atoms with van der Waals surface area (Å²) in [6.45, 7) is 0.0299. The van der Waals surface area contributed by atoms with Crippen LogP contribution in [-0.2, 0) is 16.4 Å². The first kappa shape index (κ1) is 18.8. The van der Waals surface area contributed by atoms with Crippen LogP contribution in [0, 0.1) is 0 Å². The van der Waals surface area contributed by atoms with Crippen molar-refractivity contribution in [1.82, 2.24) is 19.1 Å². The second-order valence-corrected chi connectivity index (χ2v) is 8.53. The van der Waals surface area contributed by atoms with Crippen LogP contribution < -0.4 is 11.2 Å². The lowest BCUT2D eigenvalue weighted by atomic mass is 10.2.